The highest BCUT2D eigenvalue weighted by Crippen LogP contribution is 2.20. The van der Waals surface area contributed by atoms with Gasteiger partial charge < -0.3 is 10.3 Å². The Morgan fingerprint density at radius 3 is 3.00 bits per heavy atom. The second-order valence-electron chi connectivity index (χ2n) is 5.16. The summed E-state index contributed by atoms with van der Waals surface area (Å²) in [4.78, 5) is 15.3. The second-order valence-corrected chi connectivity index (χ2v) is 6.22. The van der Waals surface area contributed by atoms with Crippen molar-refractivity contribution in [2.75, 3.05) is 5.32 Å². The van der Waals surface area contributed by atoms with Gasteiger partial charge in [0, 0.05) is 29.9 Å². The summed E-state index contributed by atoms with van der Waals surface area (Å²) in [5, 5.41) is 13.6. The molecule has 1 amide bonds. The predicted octanol–water partition coefficient (Wildman–Crippen LogP) is 3.54. The molecule has 0 fully saturated rings. The van der Waals surface area contributed by atoms with E-state index in [1.807, 2.05) is 24.4 Å². The molecule has 6 heteroatoms. The lowest BCUT2D eigenvalue weighted by Gasteiger charge is -2.01. The van der Waals surface area contributed by atoms with Gasteiger partial charge in [0.1, 0.15) is 5.01 Å². The Morgan fingerprint density at radius 2 is 2.14 bits per heavy atom. The van der Waals surface area contributed by atoms with E-state index in [-0.39, 0.29) is 5.91 Å². The quantitative estimate of drug-likeness (QED) is 0.731. The maximum atomic E-state index is 12.0. The van der Waals surface area contributed by atoms with E-state index in [0.717, 1.165) is 28.9 Å². The number of hydrogen-bond donors (Lipinski definition) is 2. The van der Waals surface area contributed by atoms with E-state index < -0.39 is 0 Å². The second kappa shape index (κ2) is 6.70. The third-order valence-corrected chi connectivity index (χ3v) is 4.37. The first-order valence-corrected chi connectivity index (χ1v) is 8.25. The number of nitrogens with zero attached hydrogens (tertiary/aromatic N) is 2. The SMILES string of the molecule is CCCc1nnc(NC(=O)CCc2c[nH]c3ccccc23)s1. The molecule has 0 spiro atoms. The van der Waals surface area contributed by atoms with Crippen molar-refractivity contribution in [1.82, 2.24) is 15.2 Å². The molecule has 3 aromatic rings. The van der Waals surface area contributed by atoms with Crippen molar-refractivity contribution in [2.24, 2.45) is 0 Å². The lowest BCUT2D eigenvalue weighted by molar-refractivity contribution is -0.116. The average Bonchev–Trinajstić information content (AvgIpc) is 3.12. The van der Waals surface area contributed by atoms with Crippen LogP contribution in [0.5, 0.6) is 0 Å². The van der Waals surface area contributed by atoms with E-state index in [0.29, 0.717) is 18.0 Å². The number of amides is 1. The first kappa shape index (κ1) is 14.7. The summed E-state index contributed by atoms with van der Waals surface area (Å²) in [6.07, 6.45) is 5.05. The fraction of sp³-hybridized carbons (Fsp3) is 0.312. The van der Waals surface area contributed by atoms with Crippen molar-refractivity contribution in [3.63, 3.8) is 0 Å². The van der Waals surface area contributed by atoms with Gasteiger partial charge in [-0.1, -0.05) is 36.5 Å². The molecule has 114 valence electrons. The summed E-state index contributed by atoms with van der Waals surface area (Å²) < 4.78 is 0. The van der Waals surface area contributed by atoms with Crippen LogP contribution in [0.25, 0.3) is 10.9 Å². The molecule has 0 aliphatic rings. The fourth-order valence-electron chi connectivity index (χ4n) is 2.39. The number of H-pyrrole nitrogens is 1. The van der Waals surface area contributed by atoms with Crippen LogP contribution in [0.1, 0.15) is 30.3 Å². The summed E-state index contributed by atoms with van der Waals surface area (Å²) in [5.41, 5.74) is 2.26. The Balaban J connectivity index is 1.57. The Morgan fingerprint density at radius 1 is 1.27 bits per heavy atom. The highest BCUT2D eigenvalue weighted by atomic mass is 32.1. The Hall–Kier alpha value is -2.21. The summed E-state index contributed by atoms with van der Waals surface area (Å²) >= 11 is 1.45. The van der Waals surface area contributed by atoms with Crippen molar-refractivity contribution >= 4 is 33.3 Å². The molecule has 22 heavy (non-hydrogen) atoms. The number of carbonyl (C=O) groups excluding carboxylic acids is 1. The van der Waals surface area contributed by atoms with Crippen LogP contribution in [0.2, 0.25) is 0 Å². The lowest BCUT2D eigenvalue weighted by Crippen LogP contribution is -2.12. The number of nitrogens with one attached hydrogen (secondary N) is 2. The molecular weight excluding hydrogens is 296 g/mol. The third-order valence-electron chi connectivity index (χ3n) is 3.47. The molecule has 0 radical (unpaired) electrons. The normalized spacial score (nSPS) is 11.0. The van der Waals surface area contributed by atoms with Gasteiger partial charge in [-0.2, -0.15) is 0 Å². The highest BCUT2D eigenvalue weighted by Gasteiger charge is 2.09. The number of fused-ring (bicyclic) bond motifs is 1. The maximum Gasteiger partial charge on any atom is 0.226 e. The van der Waals surface area contributed by atoms with E-state index in [1.165, 1.54) is 16.7 Å². The molecule has 2 heterocycles. The van der Waals surface area contributed by atoms with Crippen LogP contribution in [0, 0.1) is 0 Å². The molecule has 0 unspecified atom stereocenters. The summed E-state index contributed by atoms with van der Waals surface area (Å²) in [6, 6.07) is 8.12. The highest BCUT2D eigenvalue weighted by molar-refractivity contribution is 7.15. The predicted molar refractivity (Wildman–Crippen MR) is 89.2 cm³/mol. The van der Waals surface area contributed by atoms with Crippen molar-refractivity contribution < 1.29 is 4.79 Å². The minimum absolute atomic E-state index is 0.0236. The molecule has 2 N–H and O–H groups in total. The molecule has 2 aromatic heterocycles. The number of para-hydroxylation sites is 1. The summed E-state index contributed by atoms with van der Waals surface area (Å²) in [6.45, 7) is 2.10. The number of anilines is 1. The van der Waals surface area contributed by atoms with Crippen LogP contribution in [0.15, 0.2) is 30.5 Å². The van der Waals surface area contributed by atoms with E-state index in [2.05, 4.69) is 33.5 Å². The molecule has 0 saturated heterocycles. The molecule has 1 aromatic carbocycles. The third kappa shape index (κ3) is 3.33. The topological polar surface area (TPSA) is 70.7 Å². The first-order chi connectivity index (χ1) is 10.8. The molecule has 0 aliphatic heterocycles. The van der Waals surface area contributed by atoms with Gasteiger partial charge in [0.15, 0.2) is 0 Å². The Bertz CT molecular complexity index is 777. The van der Waals surface area contributed by atoms with E-state index in [4.69, 9.17) is 0 Å². The van der Waals surface area contributed by atoms with Gasteiger partial charge in [0.2, 0.25) is 11.0 Å². The standard InChI is InChI=1S/C16H18N4OS/c1-2-5-15-19-20-16(22-15)18-14(21)9-8-11-10-17-13-7-4-3-6-12(11)13/h3-4,6-7,10,17H,2,5,8-9H2,1H3,(H,18,20,21). The van der Waals surface area contributed by atoms with Crippen LogP contribution >= 0.6 is 11.3 Å². The van der Waals surface area contributed by atoms with E-state index in [1.54, 1.807) is 0 Å². The minimum atomic E-state index is -0.0236. The average molecular weight is 314 g/mol. The molecule has 0 saturated carbocycles. The largest absolute Gasteiger partial charge is 0.361 e. The van der Waals surface area contributed by atoms with Crippen LogP contribution in [0.3, 0.4) is 0 Å². The number of carbonyl (C=O) groups is 1. The van der Waals surface area contributed by atoms with Crippen molar-refractivity contribution in [3.05, 3.63) is 41.0 Å². The molecule has 5 nitrogen and oxygen atoms in total. The zero-order chi connectivity index (χ0) is 15.4. The van der Waals surface area contributed by atoms with Gasteiger partial charge in [0.05, 0.1) is 0 Å². The van der Waals surface area contributed by atoms with E-state index in [9.17, 15) is 4.79 Å². The molecule has 0 atom stereocenters. The van der Waals surface area contributed by atoms with Crippen molar-refractivity contribution in [3.8, 4) is 0 Å². The summed E-state index contributed by atoms with van der Waals surface area (Å²) in [5.74, 6) is -0.0236. The van der Waals surface area contributed by atoms with Gasteiger partial charge in [-0.15, -0.1) is 10.2 Å². The number of rotatable bonds is 6. The minimum Gasteiger partial charge on any atom is -0.361 e. The van der Waals surface area contributed by atoms with Gasteiger partial charge in [0.25, 0.3) is 0 Å². The van der Waals surface area contributed by atoms with Crippen LogP contribution < -0.4 is 5.32 Å². The number of aromatic nitrogens is 3. The van der Waals surface area contributed by atoms with Gasteiger partial charge in [-0.3, -0.25) is 4.79 Å². The smallest absolute Gasteiger partial charge is 0.226 e. The van der Waals surface area contributed by atoms with Gasteiger partial charge in [-0.25, -0.2) is 0 Å². The molecule has 0 bridgehead atoms. The Labute approximate surface area is 132 Å². The van der Waals surface area contributed by atoms with E-state index >= 15 is 0 Å². The molecular formula is C16H18N4OS. The lowest BCUT2D eigenvalue weighted by atomic mass is 10.1. The number of benzene rings is 1. The van der Waals surface area contributed by atoms with Gasteiger partial charge in [-0.05, 0) is 24.5 Å². The van der Waals surface area contributed by atoms with Crippen molar-refractivity contribution in [1.29, 1.82) is 0 Å². The molecule has 0 aliphatic carbocycles. The number of aryl methyl sites for hydroxylation is 2. The van der Waals surface area contributed by atoms with Crippen molar-refractivity contribution in [2.45, 2.75) is 32.6 Å². The zero-order valence-corrected chi connectivity index (χ0v) is 13.2. The Kier molecular flexibility index (Phi) is 4.48. The number of aromatic amines is 1. The number of hydrogen-bond acceptors (Lipinski definition) is 4. The van der Waals surface area contributed by atoms with Crippen LogP contribution in [-0.4, -0.2) is 21.1 Å². The zero-order valence-electron chi connectivity index (χ0n) is 12.4. The molecule has 3 rings (SSSR count). The summed E-state index contributed by atoms with van der Waals surface area (Å²) in [7, 11) is 0. The van der Waals surface area contributed by atoms with Crippen LogP contribution in [-0.2, 0) is 17.6 Å². The monoisotopic (exact) mass is 314 g/mol. The fourth-order valence-corrected chi connectivity index (χ4v) is 3.24. The first-order valence-electron chi connectivity index (χ1n) is 7.43. The van der Waals surface area contributed by atoms with Gasteiger partial charge >= 0.3 is 0 Å². The van der Waals surface area contributed by atoms with Crippen LogP contribution in [0.4, 0.5) is 5.13 Å². The maximum absolute atomic E-state index is 12.0.